The van der Waals surface area contributed by atoms with Crippen molar-refractivity contribution in [2.24, 2.45) is 5.92 Å². The first-order valence-electron chi connectivity index (χ1n) is 14.8. The Balaban J connectivity index is 1.49. The highest BCUT2D eigenvalue weighted by molar-refractivity contribution is 5.95. The van der Waals surface area contributed by atoms with Crippen LogP contribution in [0.2, 0.25) is 0 Å². The van der Waals surface area contributed by atoms with Crippen LogP contribution in [0.5, 0.6) is 11.5 Å². The average Bonchev–Trinajstić information content (AvgIpc) is 3.58. The number of aromatic nitrogens is 1. The number of hydrogen-bond acceptors (Lipinski definition) is 6. The number of fused-ring (bicyclic) bond motifs is 4. The van der Waals surface area contributed by atoms with Gasteiger partial charge in [0.05, 0.1) is 13.2 Å². The van der Waals surface area contributed by atoms with Crippen LogP contribution >= 0.6 is 0 Å². The molecule has 0 radical (unpaired) electrons. The van der Waals surface area contributed by atoms with Gasteiger partial charge in [-0.25, -0.2) is 0 Å². The molecule has 10 heteroatoms. The Morgan fingerprint density at radius 1 is 1.14 bits per heavy atom. The Labute approximate surface area is 252 Å². The number of likely N-dealkylation sites (tertiary alicyclic amines) is 1. The molecule has 0 saturated carbocycles. The molecular formula is C33H41N5O5. The number of benzene rings is 2. The molecule has 0 spiro atoms. The van der Waals surface area contributed by atoms with Crippen LogP contribution in [0.4, 0.5) is 0 Å². The van der Waals surface area contributed by atoms with Crippen LogP contribution in [0, 0.1) is 5.92 Å². The highest BCUT2D eigenvalue weighted by atomic mass is 16.5. The zero-order chi connectivity index (χ0) is 30.7. The minimum absolute atomic E-state index is 0.147. The van der Waals surface area contributed by atoms with Crippen molar-refractivity contribution in [2.75, 3.05) is 27.7 Å². The van der Waals surface area contributed by atoms with E-state index in [0.29, 0.717) is 42.9 Å². The molecule has 10 nitrogen and oxygen atoms in total. The van der Waals surface area contributed by atoms with E-state index in [1.54, 1.807) is 36.4 Å². The lowest BCUT2D eigenvalue weighted by molar-refractivity contribution is -0.144. The molecule has 228 valence electrons. The van der Waals surface area contributed by atoms with Crippen LogP contribution in [-0.2, 0) is 20.8 Å². The Bertz CT molecular complexity index is 1510. The van der Waals surface area contributed by atoms with E-state index in [2.05, 4.69) is 15.6 Å². The van der Waals surface area contributed by atoms with Gasteiger partial charge in [0.25, 0.3) is 0 Å². The second kappa shape index (κ2) is 12.9. The van der Waals surface area contributed by atoms with Gasteiger partial charge in [-0.1, -0.05) is 32.0 Å². The van der Waals surface area contributed by atoms with Crippen molar-refractivity contribution in [3.63, 3.8) is 0 Å². The second-order valence-electron chi connectivity index (χ2n) is 11.9. The number of hydrogen-bond donors (Lipinski definition) is 3. The highest BCUT2D eigenvalue weighted by Gasteiger charge is 2.46. The fourth-order valence-electron chi connectivity index (χ4n) is 6.00. The fraction of sp³-hybridized carbons (Fsp3) is 0.424. The van der Waals surface area contributed by atoms with Gasteiger partial charge in [0, 0.05) is 41.8 Å². The van der Waals surface area contributed by atoms with Crippen molar-refractivity contribution in [3.8, 4) is 11.5 Å². The van der Waals surface area contributed by atoms with Crippen molar-refractivity contribution in [3.05, 3.63) is 66.0 Å². The number of rotatable bonds is 7. The van der Waals surface area contributed by atoms with E-state index in [0.717, 1.165) is 16.5 Å². The summed E-state index contributed by atoms with van der Waals surface area (Å²) in [6.07, 6.45) is 6.01. The number of ether oxygens (including phenoxy) is 2. The summed E-state index contributed by atoms with van der Waals surface area (Å²) in [6.45, 7) is 4.34. The van der Waals surface area contributed by atoms with E-state index >= 15 is 0 Å². The third kappa shape index (κ3) is 6.54. The normalized spacial score (nSPS) is 22.1. The van der Waals surface area contributed by atoms with Gasteiger partial charge in [0.1, 0.15) is 29.7 Å². The summed E-state index contributed by atoms with van der Waals surface area (Å²) in [5.41, 5.74) is 2.75. The number of aromatic amines is 1. The third-order valence-electron chi connectivity index (χ3n) is 8.21. The van der Waals surface area contributed by atoms with Gasteiger partial charge in [0.2, 0.25) is 17.7 Å². The molecule has 3 N–H and O–H groups in total. The van der Waals surface area contributed by atoms with Crippen molar-refractivity contribution in [1.29, 1.82) is 0 Å². The topological polar surface area (TPSA) is 116 Å². The number of methoxy groups -OCH3 is 1. The summed E-state index contributed by atoms with van der Waals surface area (Å²) in [5.74, 6) is 0.419. The second-order valence-corrected chi connectivity index (χ2v) is 11.9. The van der Waals surface area contributed by atoms with E-state index in [9.17, 15) is 14.4 Å². The lowest BCUT2D eigenvalue weighted by Crippen LogP contribution is -2.58. The molecule has 1 saturated heterocycles. The summed E-state index contributed by atoms with van der Waals surface area (Å²) in [6, 6.07) is 11.2. The molecule has 1 aromatic heterocycles. The predicted molar refractivity (Wildman–Crippen MR) is 166 cm³/mol. The molecule has 3 heterocycles. The molecule has 2 aliphatic rings. The lowest BCUT2D eigenvalue weighted by atomic mass is 10.0. The quantitative estimate of drug-likeness (QED) is 0.391. The van der Waals surface area contributed by atoms with Gasteiger partial charge >= 0.3 is 0 Å². The average molecular weight is 588 g/mol. The molecule has 3 aromatic rings. The van der Waals surface area contributed by atoms with Gasteiger partial charge in [0.15, 0.2) is 0 Å². The maximum absolute atomic E-state index is 14.3. The van der Waals surface area contributed by atoms with Crippen LogP contribution in [0.15, 0.2) is 54.9 Å². The first-order chi connectivity index (χ1) is 20.7. The maximum Gasteiger partial charge on any atom is 0.247 e. The van der Waals surface area contributed by atoms with E-state index in [-0.39, 0.29) is 17.7 Å². The molecule has 5 rings (SSSR count). The van der Waals surface area contributed by atoms with Crippen molar-refractivity contribution in [1.82, 2.24) is 25.4 Å². The Morgan fingerprint density at radius 2 is 1.93 bits per heavy atom. The molecule has 4 atom stereocenters. The number of carbonyl (C=O) groups is 3. The molecule has 1 fully saturated rings. The number of likely N-dealkylation sites (N-methyl/N-ethyl adjacent to an activating group) is 1. The molecule has 43 heavy (non-hydrogen) atoms. The SMILES string of the molecule is COc1ccc2cc1/C=C\NC(=O)C(CC(C)C)NC(=O)C1C(CCN1C(=O)C(Cc1c[nH]c3ccccc13)N(C)C)O2. The molecule has 4 unspecified atom stereocenters. The van der Waals surface area contributed by atoms with E-state index in [1.165, 1.54) is 0 Å². The van der Waals surface area contributed by atoms with Gasteiger partial charge in [-0.3, -0.25) is 19.3 Å². The van der Waals surface area contributed by atoms with E-state index in [1.807, 2.05) is 69.4 Å². The highest BCUT2D eigenvalue weighted by Crippen LogP contribution is 2.31. The summed E-state index contributed by atoms with van der Waals surface area (Å²) in [7, 11) is 5.33. The Hall–Kier alpha value is -4.31. The first-order valence-corrected chi connectivity index (χ1v) is 14.8. The minimum atomic E-state index is -0.917. The number of nitrogens with one attached hydrogen (secondary N) is 3. The Morgan fingerprint density at radius 3 is 2.67 bits per heavy atom. The summed E-state index contributed by atoms with van der Waals surface area (Å²) < 4.78 is 11.9. The number of nitrogens with zero attached hydrogens (tertiary/aromatic N) is 2. The van der Waals surface area contributed by atoms with Crippen molar-refractivity contribution >= 4 is 34.7 Å². The molecule has 3 amide bonds. The van der Waals surface area contributed by atoms with Gasteiger partial charge in [-0.2, -0.15) is 0 Å². The third-order valence-corrected chi connectivity index (χ3v) is 8.21. The molecule has 2 aromatic carbocycles. The molecular weight excluding hydrogens is 546 g/mol. The van der Waals surface area contributed by atoms with Crippen LogP contribution in [-0.4, -0.2) is 84.5 Å². The first kappa shape index (κ1) is 30.2. The largest absolute Gasteiger partial charge is 0.496 e. The maximum atomic E-state index is 14.3. The zero-order valence-corrected chi connectivity index (χ0v) is 25.4. The van der Waals surface area contributed by atoms with Crippen LogP contribution in [0.1, 0.15) is 37.8 Å². The smallest absolute Gasteiger partial charge is 0.247 e. The van der Waals surface area contributed by atoms with E-state index < -0.39 is 30.1 Å². The Kier molecular flexibility index (Phi) is 9.05. The predicted octanol–water partition coefficient (Wildman–Crippen LogP) is 3.33. The number of carbonyl (C=O) groups excluding carboxylic acids is 3. The van der Waals surface area contributed by atoms with Crippen LogP contribution in [0.25, 0.3) is 17.0 Å². The zero-order valence-electron chi connectivity index (χ0n) is 25.4. The van der Waals surface area contributed by atoms with Crippen LogP contribution in [0.3, 0.4) is 0 Å². The molecule has 0 aliphatic carbocycles. The van der Waals surface area contributed by atoms with Gasteiger partial charge < -0.3 is 30.0 Å². The molecule has 2 bridgehead atoms. The molecule has 2 aliphatic heterocycles. The van der Waals surface area contributed by atoms with E-state index in [4.69, 9.17) is 9.47 Å². The van der Waals surface area contributed by atoms with Crippen LogP contribution < -0.4 is 20.1 Å². The number of para-hydroxylation sites is 1. The standard InChI is InChI=1S/C33H41N5O5/c1-20(2)16-26-31(39)34-14-12-21-17-23(10-11-28(21)42-5)43-29-13-15-38(30(29)32(40)36-26)33(41)27(37(3)4)18-22-19-35-25-9-7-6-8-24(22)25/h6-12,14,17,19-20,26-27,29-30,35H,13,15-16,18H2,1-5H3,(H,34,39)(H,36,40)/b14-12-. The monoisotopic (exact) mass is 587 g/mol. The fourth-order valence-corrected chi connectivity index (χ4v) is 6.00. The number of H-pyrrole nitrogens is 1. The van der Waals surface area contributed by atoms with Gasteiger partial charge in [-0.05, 0) is 68.8 Å². The number of amides is 3. The van der Waals surface area contributed by atoms with Crippen molar-refractivity contribution < 1.29 is 23.9 Å². The minimum Gasteiger partial charge on any atom is -0.496 e. The lowest BCUT2D eigenvalue weighted by Gasteiger charge is -2.33. The summed E-state index contributed by atoms with van der Waals surface area (Å²) in [5, 5.41) is 6.83. The van der Waals surface area contributed by atoms with Crippen molar-refractivity contribution in [2.45, 2.75) is 57.3 Å². The summed E-state index contributed by atoms with van der Waals surface area (Å²) in [4.78, 5) is 48.4. The van der Waals surface area contributed by atoms with Gasteiger partial charge in [-0.15, -0.1) is 0 Å². The summed E-state index contributed by atoms with van der Waals surface area (Å²) >= 11 is 0.